The van der Waals surface area contributed by atoms with Crippen molar-refractivity contribution in [3.8, 4) is 0 Å². The Kier molecular flexibility index (Phi) is 7.45. The van der Waals surface area contributed by atoms with Gasteiger partial charge >= 0.3 is 0 Å². The third-order valence-electron chi connectivity index (χ3n) is 7.34. The molecule has 2 aliphatic rings. The van der Waals surface area contributed by atoms with E-state index in [1.54, 1.807) is 12.4 Å². The summed E-state index contributed by atoms with van der Waals surface area (Å²) in [5.41, 5.74) is 3.42. The van der Waals surface area contributed by atoms with Crippen LogP contribution >= 0.6 is 11.3 Å². The highest BCUT2D eigenvalue weighted by Crippen LogP contribution is 2.44. The second-order valence-corrected chi connectivity index (χ2v) is 10.9. The summed E-state index contributed by atoms with van der Waals surface area (Å²) in [6, 6.07) is 0.753. The quantitative estimate of drug-likeness (QED) is 0.341. The van der Waals surface area contributed by atoms with Crippen LogP contribution in [0.15, 0.2) is 17.6 Å². The minimum atomic E-state index is -3.45. The maximum Gasteiger partial charge on any atom is 0.283 e. The number of alkyl halides is 3. The van der Waals surface area contributed by atoms with Crippen molar-refractivity contribution in [1.82, 2.24) is 19.8 Å². The molecule has 0 amide bonds. The summed E-state index contributed by atoms with van der Waals surface area (Å²) in [6.45, 7) is 1.18. The first kappa shape index (κ1) is 26.3. The lowest BCUT2D eigenvalue weighted by atomic mass is 9.88. The van der Waals surface area contributed by atoms with Crippen LogP contribution < -0.4 is 5.32 Å². The Morgan fingerprint density at radius 3 is 2.73 bits per heavy atom. The number of halogens is 5. The van der Waals surface area contributed by atoms with Crippen LogP contribution in [0.25, 0.3) is 10.3 Å². The molecule has 6 nitrogen and oxygen atoms in total. The molecule has 2 aliphatic heterocycles. The van der Waals surface area contributed by atoms with E-state index in [-0.39, 0.29) is 24.0 Å². The van der Waals surface area contributed by atoms with Crippen molar-refractivity contribution in [2.45, 2.75) is 50.2 Å². The summed E-state index contributed by atoms with van der Waals surface area (Å²) in [6.07, 6.45) is 1.61. The van der Waals surface area contributed by atoms with Crippen molar-refractivity contribution < 1.29 is 27.1 Å². The van der Waals surface area contributed by atoms with Crippen LogP contribution in [0.5, 0.6) is 0 Å². The van der Waals surface area contributed by atoms with Crippen LogP contribution in [-0.2, 0) is 6.42 Å². The number of nitrogens with one attached hydrogen (secondary N) is 2. The summed E-state index contributed by atoms with van der Waals surface area (Å²) in [5, 5.41) is 12.4. The number of rotatable bonds is 9. The minimum Gasteiger partial charge on any atom is -0.390 e. The first-order valence-corrected chi connectivity index (χ1v) is 13.3. The van der Waals surface area contributed by atoms with E-state index in [0.717, 1.165) is 23.2 Å². The molecule has 3 N–H and O–H groups in total. The van der Waals surface area contributed by atoms with E-state index in [9.17, 15) is 18.3 Å². The predicted molar refractivity (Wildman–Crippen MR) is 133 cm³/mol. The van der Waals surface area contributed by atoms with Gasteiger partial charge in [-0.05, 0) is 43.9 Å². The van der Waals surface area contributed by atoms with E-state index in [4.69, 9.17) is 0 Å². The first-order chi connectivity index (χ1) is 17.7. The average molecular weight is 544 g/mol. The average Bonchev–Trinajstić information content (AvgIpc) is 3.56. The second kappa shape index (κ2) is 10.5. The van der Waals surface area contributed by atoms with E-state index in [2.05, 4.69) is 20.2 Å². The largest absolute Gasteiger partial charge is 0.390 e. The standard InChI is InChI=1S/C25H30F5N5OS/c1-14-7-17-21(33-24-23(17)37-13-31-24)22(35(14)11-25(29,30)12-36)20-18(27)8-16(9-19(20)28)32-15-3-6-34(10-15)5-2-4-26/h8-9,13-15,22,32-33,36H,2-7,10-12H2,1H3/t14?,15-,22?/m0/s1. The number of hydrogen-bond acceptors (Lipinski definition) is 6. The molecule has 202 valence electrons. The molecule has 0 saturated carbocycles. The fraction of sp³-hybridized carbons (Fsp3) is 0.560. The number of hydrogen-bond donors (Lipinski definition) is 3. The monoisotopic (exact) mass is 543 g/mol. The molecule has 0 spiro atoms. The third kappa shape index (κ3) is 5.21. The highest BCUT2D eigenvalue weighted by atomic mass is 32.1. The van der Waals surface area contributed by atoms with Crippen molar-refractivity contribution in [3.63, 3.8) is 0 Å². The number of H-pyrrole nitrogens is 1. The molecule has 4 heterocycles. The zero-order chi connectivity index (χ0) is 26.3. The van der Waals surface area contributed by atoms with Crippen LogP contribution in [0.3, 0.4) is 0 Å². The second-order valence-electron chi connectivity index (χ2n) is 10.0. The Bertz CT molecular complexity index is 1230. The summed E-state index contributed by atoms with van der Waals surface area (Å²) in [5.74, 6) is -5.14. The fourth-order valence-electron chi connectivity index (χ4n) is 5.62. The van der Waals surface area contributed by atoms with Crippen LogP contribution in [-0.4, -0.2) is 82.3 Å². The Balaban J connectivity index is 1.48. The molecule has 0 aliphatic carbocycles. The Morgan fingerprint density at radius 2 is 2.03 bits per heavy atom. The van der Waals surface area contributed by atoms with E-state index in [1.807, 2.05) is 0 Å². The van der Waals surface area contributed by atoms with E-state index in [0.29, 0.717) is 37.3 Å². The van der Waals surface area contributed by atoms with Crippen molar-refractivity contribution in [2.24, 2.45) is 0 Å². The lowest BCUT2D eigenvalue weighted by Crippen LogP contribution is -2.49. The van der Waals surface area contributed by atoms with Gasteiger partial charge < -0.3 is 20.3 Å². The number of nitrogens with zero attached hydrogens (tertiary/aromatic N) is 3. The van der Waals surface area contributed by atoms with E-state index < -0.39 is 42.8 Å². The zero-order valence-corrected chi connectivity index (χ0v) is 21.2. The number of aromatic amines is 1. The van der Waals surface area contributed by atoms with Crippen molar-refractivity contribution >= 4 is 27.4 Å². The highest BCUT2D eigenvalue weighted by molar-refractivity contribution is 7.16. The predicted octanol–water partition coefficient (Wildman–Crippen LogP) is 4.71. The molecule has 2 aromatic heterocycles. The summed E-state index contributed by atoms with van der Waals surface area (Å²) >= 11 is 1.39. The third-order valence-corrected chi connectivity index (χ3v) is 8.23. The smallest absolute Gasteiger partial charge is 0.283 e. The van der Waals surface area contributed by atoms with Crippen molar-refractivity contribution in [1.29, 1.82) is 0 Å². The molecular weight excluding hydrogens is 513 g/mol. The molecule has 2 unspecified atom stereocenters. The topological polar surface area (TPSA) is 67.4 Å². The van der Waals surface area contributed by atoms with Crippen LogP contribution in [0.4, 0.5) is 27.6 Å². The van der Waals surface area contributed by atoms with Gasteiger partial charge in [-0.25, -0.2) is 22.5 Å². The lowest BCUT2D eigenvalue weighted by Gasteiger charge is -2.42. The van der Waals surface area contributed by atoms with Gasteiger partial charge in [0.2, 0.25) is 0 Å². The molecule has 1 aromatic carbocycles. The van der Waals surface area contributed by atoms with Gasteiger partial charge in [-0.1, -0.05) is 0 Å². The van der Waals surface area contributed by atoms with E-state index in [1.165, 1.54) is 28.4 Å². The van der Waals surface area contributed by atoms with Crippen molar-refractivity contribution in [2.75, 3.05) is 44.8 Å². The van der Waals surface area contributed by atoms with Gasteiger partial charge in [0.15, 0.2) is 0 Å². The molecule has 5 rings (SSSR count). The SMILES string of the molecule is CC1Cc2c([nH]c3ncsc23)C(c2c(F)cc(N[C@H]3CCN(CCCF)C3)cc2F)N1CC(F)(F)CO. The Labute approximate surface area is 215 Å². The number of likely N-dealkylation sites (tertiary alicyclic amines) is 1. The van der Waals surface area contributed by atoms with Crippen LogP contribution in [0, 0.1) is 11.6 Å². The maximum atomic E-state index is 15.7. The number of fused-ring (bicyclic) bond motifs is 3. The highest BCUT2D eigenvalue weighted by Gasteiger charge is 2.43. The molecule has 0 radical (unpaired) electrons. The van der Waals surface area contributed by atoms with Gasteiger partial charge in [0.05, 0.1) is 29.5 Å². The molecule has 1 fully saturated rings. The zero-order valence-electron chi connectivity index (χ0n) is 20.4. The normalized spacial score (nSPS) is 23.2. The van der Waals surface area contributed by atoms with Crippen LogP contribution in [0.2, 0.25) is 0 Å². The molecule has 12 heteroatoms. The van der Waals surface area contributed by atoms with Gasteiger partial charge in [-0.3, -0.25) is 9.29 Å². The van der Waals surface area contributed by atoms with Crippen LogP contribution in [0.1, 0.15) is 42.6 Å². The Morgan fingerprint density at radius 1 is 1.27 bits per heavy atom. The molecule has 0 bridgehead atoms. The summed E-state index contributed by atoms with van der Waals surface area (Å²) in [4.78, 5) is 10.8. The first-order valence-electron chi connectivity index (χ1n) is 12.4. The lowest BCUT2D eigenvalue weighted by molar-refractivity contribution is -0.0869. The van der Waals surface area contributed by atoms with Crippen molar-refractivity contribution in [3.05, 3.63) is 46.1 Å². The summed E-state index contributed by atoms with van der Waals surface area (Å²) in [7, 11) is 0. The van der Waals surface area contributed by atoms with Gasteiger partial charge in [-0.15, -0.1) is 11.3 Å². The number of thiazole rings is 1. The number of aliphatic hydroxyl groups excluding tert-OH is 1. The Hall–Kier alpha value is -2.28. The maximum absolute atomic E-state index is 15.7. The fourth-order valence-corrected chi connectivity index (χ4v) is 6.43. The molecule has 3 atom stereocenters. The summed E-state index contributed by atoms with van der Waals surface area (Å²) < 4.78 is 73.5. The number of anilines is 1. The molecule has 1 saturated heterocycles. The van der Waals surface area contributed by atoms with Gasteiger partial charge in [0.25, 0.3) is 5.92 Å². The van der Waals surface area contributed by atoms with Gasteiger partial charge in [0, 0.05) is 48.7 Å². The number of benzene rings is 1. The molecule has 37 heavy (non-hydrogen) atoms. The number of aliphatic hydroxyl groups is 1. The van der Waals surface area contributed by atoms with E-state index >= 15 is 8.78 Å². The van der Waals surface area contributed by atoms with Gasteiger partial charge in [-0.2, -0.15) is 0 Å². The molecular formula is C25H30F5N5OS. The number of aromatic nitrogens is 2. The van der Waals surface area contributed by atoms with Gasteiger partial charge in [0.1, 0.15) is 23.9 Å². The molecule has 3 aromatic rings. The minimum absolute atomic E-state index is 0.0356.